The molecule has 0 radical (unpaired) electrons. The van der Waals surface area contributed by atoms with Crippen LogP contribution in [0.2, 0.25) is 0 Å². The van der Waals surface area contributed by atoms with Gasteiger partial charge < -0.3 is 48.5 Å². The third-order valence-electron chi connectivity index (χ3n) is 3.73. The van der Waals surface area contributed by atoms with Crippen molar-refractivity contribution in [3.05, 3.63) is 0 Å². The zero-order valence-electron chi connectivity index (χ0n) is 16.2. The number of rotatable bonds is 14. The number of aliphatic carboxylic acids is 1. The molecule has 30 heavy (non-hydrogen) atoms. The van der Waals surface area contributed by atoms with E-state index in [1.54, 1.807) is 0 Å². The van der Waals surface area contributed by atoms with Gasteiger partial charge in [-0.1, -0.05) is 0 Å². The summed E-state index contributed by atoms with van der Waals surface area (Å²) >= 11 is 3.97. The fourth-order valence-electron chi connectivity index (χ4n) is 2.05. The van der Waals surface area contributed by atoms with Gasteiger partial charge in [0, 0.05) is 12.3 Å². The average molecular weight is 452 g/mol. The lowest BCUT2D eigenvalue weighted by Gasteiger charge is -2.23. The normalized spacial score (nSPS) is 14.5. The summed E-state index contributed by atoms with van der Waals surface area (Å²) in [6.45, 7) is -1.46. The van der Waals surface area contributed by atoms with Crippen molar-refractivity contribution >= 4 is 42.3 Å². The van der Waals surface area contributed by atoms with Crippen LogP contribution in [0.4, 0.5) is 0 Å². The maximum atomic E-state index is 12.3. The highest BCUT2D eigenvalue weighted by Crippen LogP contribution is 1.99. The van der Waals surface area contributed by atoms with E-state index in [-0.39, 0.29) is 24.7 Å². The molecular weight excluding hydrogens is 422 g/mol. The summed E-state index contributed by atoms with van der Waals surface area (Å²) < 4.78 is 0. The van der Waals surface area contributed by atoms with E-state index in [0.717, 1.165) is 0 Å². The number of nitrogens with zero attached hydrogens (tertiary/aromatic N) is 1. The molecule has 0 aliphatic carbocycles. The maximum Gasteiger partial charge on any atom is 0.328 e. The molecule has 0 rings (SSSR count). The van der Waals surface area contributed by atoms with Crippen molar-refractivity contribution in [3.8, 4) is 0 Å². The molecule has 0 aromatic heterocycles. The van der Waals surface area contributed by atoms with Gasteiger partial charge in [0.1, 0.15) is 18.1 Å². The number of nitrogens with one attached hydrogen (secondary N) is 3. The molecule has 0 heterocycles. The standard InChI is InChI=1S/C15H29N7O7S/c16-7(2-1-3-19-15(17)18)11(25)22-10(6-30)13(27)20-8(4-23)12(26)21-9(5-24)14(28)29/h7-10,23-24,30H,1-6,16H2,(H,20,27)(H,21,26)(H,22,25)(H,28,29)(H4,17,18,19). The molecule has 4 atom stereocenters. The molecule has 0 saturated heterocycles. The second-order valence-electron chi connectivity index (χ2n) is 6.12. The second kappa shape index (κ2) is 14.4. The topological polar surface area (TPSA) is 255 Å². The molecule has 172 valence electrons. The number of aliphatic imine (C=N–C) groups is 1. The highest BCUT2D eigenvalue weighted by molar-refractivity contribution is 7.80. The van der Waals surface area contributed by atoms with Crippen molar-refractivity contribution < 1.29 is 34.5 Å². The van der Waals surface area contributed by atoms with Gasteiger partial charge in [0.15, 0.2) is 5.96 Å². The largest absolute Gasteiger partial charge is 0.480 e. The first kappa shape index (κ1) is 27.4. The molecule has 3 amide bonds. The molecule has 4 unspecified atom stereocenters. The second-order valence-corrected chi connectivity index (χ2v) is 6.49. The number of carboxylic acid groups (broad SMARTS) is 1. The van der Waals surface area contributed by atoms with E-state index >= 15 is 0 Å². The van der Waals surface area contributed by atoms with Gasteiger partial charge >= 0.3 is 5.97 Å². The molecule has 12 N–H and O–H groups in total. The lowest BCUT2D eigenvalue weighted by molar-refractivity contribution is -0.143. The third kappa shape index (κ3) is 10.2. The number of carbonyl (C=O) groups excluding carboxylic acids is 3. The van der Waals surface area contributed by atoms with Crippen LogP contribution in [-0.2, 0) is 19.2 Å². The van der Waals surface area contributed by atoms with Crippen LogP contribution in [0, 0.1) is 0 Å². The molecule has 0 aliphatic rings. The summed E-state index contributed by atoms with van der Waals surface area (Å²) in [4.78, 5) is 51.1. The van der Waals surface area contributed by atoms with Gasteiger partial charge in [-0.25, -0.2) is 4.79 Å². The van der Waals surface area contributed by atoms with E-state index in [2.05, 4.69) is 28.3 Å². The van der Waals surface area contributed by atoms with E-state index in [4.69, 9.17) is 27.4 Å². The summed E-state index contributed by atoms with van der Waals surface area (Å²) in [5, 5.41) is 33.6. The minimum atomic E-state index is -1.61. The Balaban J connectivity index is 4.79. The Hall–Kier alpha value is -2.62. The smallest absolute Gasteiger partial charge is 0.328 e. The molecule has 0 aromatic rings. The van der Waals surface area contributed by atoms with Crippen LogP contribution in [0.1, 0.15) is 12.8 Å². The van der Waals surface area contributed by atoms with Crippen molar-refractivity contribution in [1.29, 1.82) is 0 Å². The Bertz CT molecular complexity index is 630. The van der Waals surface area contributed by atoms with E-state index < -0.39 is 61.1 Å². The first-order valence-corrected chi connectivity index (χ1v) is 9.48. The third-order valence-corrected chi connectivity index (χ3v) is 4.10. The summed E-state index contributed by atoms with van der Waals surface area (Å²) in [7, 11) is 0. The van der Waals surface area contributed by atoms with Gasteiger partial charge in [-0.05, 0) is 12.8 Å². The Morgan fingerprint density at radius 3 is 1.87 bits per heavy atom. The van der Waals surface area contributed by atoms with Crippen molar-refractivity contribution in [2.24, 2.45) is 22.2 Å². The number of carboxylic acids is 1. The van der Waals surface area contributed by atoms with Crippen LogP contribution in [-0.4, -0.2) is 94.6 Å². The van der Waals surface area contributed by atoms with Crippen molar-refractivity contribution in [2.75, 3.05) is 25.5 Å². The summed E-state index contributed by atoms with van der Waals surface area (Å²) in [5.74, 6) is -4.26. The fraction of sp³-hybridized carbons (Fsp3) is 0.667. The minimum Gasteiger partial charge on any atom is -0.480 e. The van der Waals surface area contributed by atoms with E-state index in [1.807, 2.05) is 5.32 Å². The fourth-order valence-corrected chi connectivity index (χ4v) is 2.30. The highest BCUT2D eigenvalue weighted by Gasteiger charge is 2.29. The van der Waals surface area contributed by atoms with E-state index in [0.29, 0.717) is 6.42 Å². The molecule has 14 nitrogen and oxygen atoms in total. The number of hydrogen-bond donors (Lipinski definition) is 10. The highest BCUT2D eigenvalue weighted by atomic mass is 32.1. The average Bonchev–Trinajstić information content (AvgIpc) is 2.70. The van der Waals surface area contributed by atoms with Gasteiger partial charge in [-0.15, -0.1) is 0 Å². The monoisotopic (exact) mass is 451 g/mol. The molecule has 15 heteroatoms. The first-order valence-electron chi connectivity index (χ1n) is 8.84. The van der Waals surface area contributed by atoms with Crippen LogP contribution in [0.3, 0.4) is 0 Å². The Morgan fingerprint density at radius 1 is 0.900 bits per heavy atom. The van der Waals surface area contributed by atoms with Gasteiger partial charge in [-0.2, -0.15) is 12.6 Å². The Labute approximate surface area is 178 Å². The molecule has 0 aromatic carbocycles. The van der Waals surface area contributed by atoms with Gasteiger partial charge in [0.05, 0.1) is 19.3 Å². The quantitative estimate of drug-likeness (QED) is 0.0519. The number of aliphatic hydroxyl groups is 2. The SMILES string of the molecule is NC(N)=NCCCC(N)C(=O)NC(CS)C(=O)NC(CO)C(=O)NC(CO)C(=O)O. The Morgan fingerprint density at radius 2 is 1.40 bits per heavy atom. The molecule has 0 bridgehead atoms. The van der Waals surface area contributed by atoms with Crippen LogP contribution in [0.25, 0.3) is 0 Å². The van der Waals surface area contributed by atoms with Crippen LogP contribution in [0.5, 0.6) is 0 Å². The molecule has 0 aliphatic heterocycles. The molecule has 0 spiro atoms. The predicted octanol–water partition coefficient (Wildman–Crippen LogP) is -5.18. The number of nitrogens with two attached hydrogens (primary N) is 3. The first-order chi connectivity index (χ1) is 14.1. The number of thiol groups is 1. The van der Waals surface area contributed by atoms with Crippen LogP contribution < -0.4 is 33.2 Å². The van der Waals surface area contributed by atoms with Crippen LogP contribution in [0.15, 0.2) is 4.99 Å². The minimum absolute atomic E-state index is 0.0871. The zero-order chi connectivity index (χ0) is 23.3. The number of carbonyl (C=O) groups is 4. The Kier molecular flexibility index (Phi) is 13.1. The van der Waals surface area contributed by atoms with Crippen molar-refractivity contribution in [1.82, 2.24) is 16.0 Å². The lowest BCUT2D eigenvalue weighted by Crippen LogP contribution is -2.58. The van der Waals surface area contributed by atoms with Gasteiger partial charge in [0.2, 0.25) is 17.7 Å². The molecular formula is C15H29N7O7S. The van der Waals surface area contributed by atoms with E-state index in [9.17, 15) is 24.3 Å². The number of aliphatic hydroxyl groups excluding tert-OH is 2. The number of guanidine groups is 1. The lowest BCUT2D eigenvalue weighted by atomic mass is 10.1. The predicted molar refractivity (Wildman–Crippen MR) is 109 cm³/mol. The zero-order valence-corrected chi connectivity index (χ0v) is 17.0. The summed E-state index contributed by atoms with van der Waals surface area (Å²) in [5.41, 5.74) is 16.1. The number of amides is 3. The summed E-state index contributed by atoms with van der Waals surface area (Å²) in [6, 6.07) is -5.26. The van der Waals surface area contributed by atoms with Crippen molar-refractivity contribution in [2.45, 2.75) is 37.0 Å². The van der Waals surface area contributed by atoms with Gasteiger partial charge in [-0.3, -0.25) is 19.4 Å². The maximum absolute atomic E-state index is 12.3. The number of hydrogen-bond acceptors (Lipinski definition) is 9. The van der Waals surface area contributed by atoms with Gasteiger partial charge in [0.25, 0.3) is 0 Å². The molecule has 0 fully saturated rings. The van der Waals surface area contributed by atoms with E-state index in [1.165, 1.54) is 0 Å². The van der Waals surface area contributed by atoms with Crippen molar-refractivity contribution in [3.63, 3.8) is 0 Å². The van der Waals surface area contributed by atoms with Crippen LogP contribution >= 0.6 is 12.6 Å². The molecule has 0 saturated carbocycles. The summed E-state index contributed by atoms with van der Waals surface area (Å²) in [6.07, 6.45) is 0.662.